The van der Waals surface area contributed by atoms with Crippen molar-refractivity contribution in [2.45, 2.75) is 40.0 Å². The highest BCUT2D eigenvalue weighted by Gasteiger charge is 2.19. The summed E-state index contributed by atoms with van der Waals surface area (Å²) in [6.45, 7) is 8.76. The van der Waals surface area contributed by atoms with E-state index in [0.717, 1.165) is 29.2 Å². The van der Waals surface area contributed by atoms with Crippen molar-refractivity contribution in [2.24, 2.45) is 0 Å². The summed E-state index contributed by atoms with van der Waals surface area (Å²) in [5, 5.41) is 0. The zero-order valence-electron chi connectivity index (χ0n) is 12.0. The molecular weight excluding hydrogens is 240 g/mol. The quantitative estimate of drug-likeness (QED) is 0.537. The first-order valence-electron chi connectivity index (χ1n) is 6.89. The van der Waals surface area contributed by atoms with Crippen LogP contribution in [0.15, 0.2) is 24.3 Å². The molecule has 0 bridgehead atoms. The minimum atomic E-state index is 0.266. The molecule has 1 aromatic rings. The van der Waals surface area contributed by atoms with Gasteiger partial charge in [-0.1, -0.05) is 38.1 Å². The van der Waals surface area contributed by atoms with Crippen LogP contribution in [0.3, 0.4) is 0 Å². The summed E-state index contributed by atoms with van der Waals surface area (Å²) in [5.41, 5.74) is 2.21. The maximum Gasteiger partial charge on any atom is 0.211 e. The SMILES string of the molecule is CCC(C)c1ccc(C(=O)C[S+](CC)CC)cc1. The Bertz CT molecular complexity index is 365. The first-order valence-corrected chi connectivity index (χ1v) is 8.62. The Balaban J connectivity index is 2.70. The number of carbonyl (C=O) groups is 1. The molecule has 1 nitrogen and oxygen atoms in total. The molecule has 1 rings (SSSR count). The molecule has 1 unspecified atom stereocenters. The Morgan fingerprint density at radius 3 is 2.11 bits per heavy atom. The van der Waals surface area contributed by atoms with Gasteiger partial charge in [0.1, 0.15) is 11.5 Å². The van der Waals surface area contributed by atoms with E-state index < -0.39 is 0 Å². The molecule has 0 aliphatic rings. The molecule has 0 saturated heterocycles. The zero-order valence-corrected chi connectivity index (χ0v) is 12.8. The number of ketones is 1. The number of rotatable bonds is 7. The van der Waals surface area contributed by atoms with E-state index in [1.807, 2.05) is 12.1 Å². The van der Waals surface area contributed by atoms with E-state index in [9.17, 15) is 4.79 Å². The fraction of sp³-hybridized carbons (Fsp3) is 0.562. The van der Waals surface area contributed by atoms with Crippen LogP contribution < -0.4 is 0 Å². The predicted octanol–water partition coefficient (Wildman–Crippen LogP) is 4.04. The van der Waals surface area contributed by atoms with E-state index in [4.69, 9.17) is 0 Å². The van der Waals surface area contributed by atoms with Crippen molar-refractivity contribution in [1.82, 2.24) is 0 Å². The van der Waals surface area contributed by atoms with Gasteiger partial charge in [-0.05, 0) is 42.6 Å². The molecule has 1 aromatic carbocycles. The Hall–Kier alpha value is -0.760. The zero-order chi connectivity index (χ0) is 13.5. The van der Waals surface area contributed by atoms with Crippen molar-refractivity contribution in [3.63, 3.8) is 0 Å². The van der Waals surface area contributed by atoms with Gasteiger partial charge in [0.05, 0.1) is 0 Å². The van der Waals surface area contributed by atoms with Gasteiger partial charge in [-0.2, -0.15) is 0 Å². The Morgan fingerprint density at radius 2 is 1.67 bits per heavy atom. The maximum atomic E-state index is 12.1. The average molecular weight is 265 g/mol. The topological polar surface area (TPSA) is 17.1 Å². The van der Waals surface area contributed by atoms with Crippen molar-refractivity contribution in [3.8, 4) is 0 Å². The summed E-state index contributed by atoms with van der Waals surface area (Å²) in [4.78, 5) is 12.1. The van der Waals surface area contributed by atoms with Gasteiger partial charge < -0.3 is 0 Å². The summed E-state index contributed by atoms with van der Waals surface area (Å²) in [7, 11) is 0.266. The van der Waals surface area contributed by atoms with Crippen molar-refractivity contribution in [2.75, 3.05) is 17.3 Å². The van der Waals surface area contributed by atoms with E-state index in [-0.39, 0.29) is 10.9 Å². The second-order valence-electron chi connectivity index (χ2n) is 4.69. The molecule has 0 fully saturated rings. The first-order chi connectivity index (χ1) is 8.62. The van der Waals surface area contributed by atoms with Gasteiger partial charge in [0.25, 0.3) is 0 Å². The number of carbonyl (C=O) groups excluding carboxylic acids is 1. The van der Waals surface area contributed by atoms with Gasteiger partial charge in [0, 0.05) is 5.56 Å². The molecule has 100 valence electrons. The molecule has 0 amide bonds. The van der Waals surface area contributed by atoms with Crippen LogP contribution >= 0.6 is 0 Å². The molecule has 0 spiro atoms. The standard InChI is InChI=1S/C16H25OS/c1-5-13(4)14-8-10-15(11-9-14)16(17)12-18(6-2)7-3/h8-11,13H,5-7,12H2,1-4H3/q+1. The molecule has 0 radical (unpaired) electrons. The molecule has 0 aromatic heterocycles. The molecule has 0 N–H and O–H groups in total. The average Bonchev–Trinajstić information content (AvgIpc) is 2.43. The minimum absolute atomic E-state index is 0.266. The Morgan fingerprint density at radius 1 is 1.11 bits per heavy atom. The molecular formula is C16H25OS+. The van der Waals surface area contributed by atoms with Crippen molar-refractivity contribution < 1.29 is 4.79 Å². The summed E-state index contributed by atoms with van der Waals surface area (Å²) in [6, 6.07) is 8.21. The van der Waals surface area contributed by atoms with Crippen molar-refractivity contribution >= 4 is 16.7 Å². The van der Waals surface area contributed by atoms with Gasteiger partial charge in [-0.3, -0.25) is 4.79 Å². The van der Waals surface area contributed by atoms with E-state index in [0.29, 0.717) is 11.7 Å². The number of hydrogen-bond acceptors (Lipinski definition) is 1. The summed E-state index contributed by atoms with van der Waals surface area (Å²) >= 11 is 0. The number of Topliss-reactive ketones (excluding diaryl/α,β-unsaturated/α-hetero) is 1. The molecule has 0 saturated carbocycles. The normalized spacial score (nSPS) is 12.7. The van der Waals surface area contributed by atoms with Crippen LogP contribution in [0.2, 0.25) is 0 Å². The van der Waals surface area contributed by atoms with Crippen LogP contribution in [0.1, 0.15) is 56.0 Å². The van der Waals surface area contributed by atoms with Gasteiger partial charge in [0.15, 0.2) is 5.75 Å². The lowest BCUT2D eigenvalue weighted by Gasteiger charge is -2.09. The van der Waals surface area contributed by atoms with Crippen LogP contribution in [0.25, 0.3) is 0 Å². The van der Waals surface area contributed by atoms with Gasteiger partial charge in [0.2, 0.25) is 5.78 Å². The molecule has 0 heterocycles. The number of hydrogen-bond donors (Lipinski definition) is 0. The monoisotopic (exact) mass is 265 g/mol. The van der Waals surface area contributed by atoms with Gasteiger partial charge >= 0.3 is 0 Å². The van der Waals surface area contributed by atoms with Gasteiger partial charge in [-0.25, -0.2) is 0 Å². The van der Waals surface area contributed by atoms with Crippen LogP contribution in [-0.2, 0) is 10.9 Å². The largest absolute Gasteiger partial charge is 0.289 e. The highest BCUT2D eigenvalue weighted by molar-refractivity contribution is 7.97. The van der Waals surface area contributed by atoms with E-state index in [1.165, 1.54) is 5.56 Å². The van der Waals surface area contributed by atoms with Crippen LogP contribution in [-0.4, -0.2) is 23.0 Å². The maximum absolute atomic E-state index is 12.1. The molecule has 0 aliphatic heterocycles. The van der Waals surface area contributed by atoms with E-state index in [1.54, 1.807) is 0 Å². The smallest absolute Gasteiger partial charge is 0.211 e. The fourth-order valence-corrected chi connectivity index (χ4v) is 3.26. The lowest BCUT2D eigenvalue weighted by Crippen LogP contribution is -2.20. The second-order valence-corrected chi connectivity index (χ2v) is 7.36. The molecule has 1 atom stereocenters. The van der Waals surface area contributed by atoms with E-state index in [2.05, 4.69) is 39.8 Å². The Labute approximate surface area is 114 Å². The highest BCUT2D eigenvalue weighted by Crippen LogP contribution is 2.19. The van der Waals surface area contributed by atoms with E-state index >= 15 is 0 Å². The first kappa shape index (κ1) is 15.3. The fourth-order valence-electron chi connectivity index (χ4n) is 1.91. The Kier molecular flexibility index (Phi) is 6.48. The van der Waals surface area contributed by atoms with Crippen LogP contribution in [0.5, 0.6) is 0 Å². The summed E-state index contributed by atoms with van der Waals surface area (Å²) in [5.74, 6) is 3.84. The summed E-state index contributed by atoms with van der Waals surface area (Å²) in [6.07, 6.45) is 1.14. The second kappa shape index (κ2) is 7.63. The third-order valence-corrected chi connectivity index (χ3v) is 5.87. The van der Waals surface area contributed by atoms with Crippen LogP contribution in [0, 0.1) is 0 Å². The lowest BCUT2D eigenvalue weighted by atomic mass is 9.97. The highest BCUT2D eigenvalue weighted by atomic mass is 32.2. The predicted molar refractivity (Wildman–Crippen MR) is 82.8 cm³/mol. The number of benzene rings is 1. The molecule has 0 aliphatic carbocycles. The van der Waals surface area contributed by atoms with Crippen molar-refractivity contribution in [3.05, 3.63) is 35.4 Å². The third kappa shape index (κ3) is 4.16. The van der Waals surface area contributed by atoms with Gasteiger partial charge in [-0.15, -0.1) is 0 Å². The third-order valence-electron chi connectivity index (χ3n) is 3.57. The minimum Gasteiger partial charge on any atom is -0.289 e. The molecule has 2 heteroatoms. The lowest BCUT2D eigenvalue weighted by molar-refractivity contribution is 0.102. The van der Waals surface area contributed by atoms with Crippen LogP contribution in [0.4, 0.5) is 0 Å². The summed E-state index contributed by atoms with van der Waals surface area (Å²) < 4.78 is 0. The molecule has 18 heavy (non-hydrogen) atoms. The van der Waals surface area contributed by atoms with Crippen molar-refractivity contribution in [1.29, 1.82) is 0 Å².